The molecule has 0 radical (unpaired) electrons. The predicted octanol–water partition coefficient (Wildman–Crippen LogP) is 5.35. The lowest BCUT2D eigenvalue weighted by molar-refractivity contribution is 0.0853. The Labute approximate surface area is 158 Å². The molecule has 2 heterocycles. The van der Waals surface area contributed by atoms with Gasteiger partial charge < -0.3 is 4.52 Å². The Morgan fingerprint density at radius 1 is 1.00 bits per heavy atom. The molecule has 0 N–H and O–H groups in total. The highest BCUT2D eigenvalue weighted by atomic mass is 16.5. The Hall–Kier alpha value is -1.35. The molecule has 0 saturated carbocycles. The maximum atomic E-state index is 5.85. The van der Waals surface area contributed by atoms with Crippen LogP contribution in [-0.4, -0.2) is 29.2 Å². The van der Waals surface area contributed by atoms with Crippen molar-refractivity contribution in [3.63, 3.8) is 0 Å². The summed E-state index contributed by atoms with van der Waals surface area (Å²) in [5, 5.41) is 5.64. The summed E-state index contributed by atoms with van der Waals surface area (Å²) in [7, 11) is 0. The molecule has 4 rings (SSSR count). The zero-order valence-electron chi connectivity index (χ0n) is 17.4. The van der Waals surface area contributed by atoms with Crippen LogP contribution in [-0.2, 0) is 18.3 Å². The van der Waals surface area contributed by atoms with E-state index in [0.29, 0.717) is 11.5 Å². The van der Waals surface area contributed by atoms with Crippen LogP contribution in [0, 0.1) is 11.3 Å². The maximum absolute atomic E-state index is 5.85. The molecule has 0 bridgehead atoms. The molecule has 0 spiro atoms. The third-order valence-electron chi connectivity index (χ3n) is 6.72. The van der Waals surface area contributed by atoms with E-state index in [-0.39, 0.29) is 5.41 Å². The van der Waals surface area contributed by atoms with Crippen LogP contribution in [0.2, 0.25) is 0 Å². The Morgan fingerprint density at radius 3 is 2.31 bits per heavy atom. The van der Waals surface area contributed by atoms with Gasteiger partial charge >= 0.3 is 0 Å². The Balaban J connectivity index is 1.53. The number of rotatable bonds is 1. The number of benzene rings is 1. The molecular formula is C23H34N2O. The molecule has 1 aliphatic heterocycles. The van der Waals surface area contributed by atoms with Gasteiger partial charge in [0.1, 0.15) is 0 Å². The van der Waals surface area contributed by atoms with E-state index in [9.17, 15) is 0 Å². The van der Waals surface area contributed by atoms with Crippen LogP contribution in [0.4, 0.5) is 0 Å². The summed E-state index contributed by atoms with van der Waals surface area (Å²) in [5.74, 6) is 0.859. The topological polar surface area (TPSA) is 29.3 Å². The van der Waals surface area contributed by atoms with Crippen molar-refractivity contribution in [2.75, 3.05) is 13.1 Å². The van der Waals surface area contributed by atoms with E-state index < -0.39 is 0 Å². The van der Waals surface area contributed by atoms with Crippen molar-refractivity contribution in [2.45, 2.75) is 78.7 Å². The first-order valence-electron chi connectivity index (χ1n) is 10.3. The number of nitrogens with zero attached hydrogens (tertiary/aromatic N) is 2. The second-order valence-electron chi connectivity index (χ2n) is 10.6. The molecule has 1 aromatic heterocycles. The zero-order chi connectivity index (χ0) is 18.7. The first-order chi connectivity index (χ1) is 12.1. The molecule has 2 aliphatic rings. The summed E-state index contributed by atoms with van der Waals surface area (Å²) >= 11 is 0. The second kappa shape index (κ2) is 6.09. The highest BCUT2D eigenvalue weighted by Crippen LogP contribution is 2.39. The lowest BCUT2D eigenvalue weighted by Gasteiger charge is -2.41. The van der Waals surface area contributed by atoms with Gasteiger partial charge in [-0.05, 0) is 61.7 Å². The van der Waals surface area contributed by atoms with Gasteiger partial charge in [-0.3, -0.25) is 4.90 Å². The van der Waals surface area contributed by atoms with Crippen molar-refractivity contribution in [1.82, 2.24) is 10.1 Å². The minimum atomic E-state index is 0.0202. The molecule has 0 unspecified atom stereocenters. The van der Waals surface area contributed by atoms with Gasteiger partial charge in [0.15, 0.2) is 5.58 Å². The standard InChI is InChI=1S/C23H34N2O/c1-22(2,3)16-9-11-25(12-10-16)17-13-15-7-8-18-20(19(15)14-17)26-24-21(18)23(4,5)6/h7-8,16-17H,9-14H2,1-6H3/t17-/m1/s1. The van der Waals surface area contributed by atoms with E-state index in [0.717, 1.165) is 30.0 Å². The number of likely N-dealkylation sites (tertiary alicyclic amines) is 1. The smallest absolute Gasteiger partial charge is 0.170 e. The fourth-order valence-electron chi connectivity index (χ4n) is 5.01. The fraction of sp³-hybridized carbons (Fsp3) is 0.696. The molecular weight excluding hydrogens is 320 g/mol. The normalized spacial score (nSPS) is 22.9. The van der Waals surface area contributed by atoms with Crippen LogP contribution in [0.25, 0.3) is 11.0 Å². The molecule has 3 nitrogen and oxygen atoms in total. The average molecular weight is 355 g/mol. The average Bonchev–Trinajstić information content (AvgIpc) is 3.17. The minimum absolute atomic E-state index is 0.0202. The lowest BCUT2D eigenvalue weighted by Crippen LogP contribution is -2.44. The summed E-state index contributed by atoms with van der Waals surface area (Å²) < 4.78 is 5.85. The number of fused-ring (bicyclic) bond motifs is 3. The van der Waals surface area contributed by atoms with E-state index in [2.05, 4.69) is 63.7 Å². The van der Waals surface area contributed by atoms with Crippen LogP contribution in [0.1, 0.15) is 71.2 Å². The number of hydrogen-bond donors (Lipinski definition) is 0. The third kappa shape index (κ3) is 3.09. The van der Waals surface area contributed by atoms with Crippen LogP contribution in [0.3, 0.4) is 0 Å². The Bertz CT molecular complexity index is 798. The van der Waals surface area contributed by atoms with Crippen LogP contribution < -0.4 is 0 Å². The van der Waals surface area contributed by atoms with E-state index in [1.165, 1.54) is 42.4 Å². The quantitative estimate of drug-likeness (QED) is 0.691. The molecule has 26 heavy (non-hydrogen) atoms. The first-order valence-corrected chi connectivity index (χ1v) is 10.3. The van der Waals surface area contributed by atoms with Crippen molar-refractivity contribution in [3.05, 3.63) is 29.0 Å². The summed E-state index contributed by atoms with van der Waals surface area (Å²) in [6.45, 7) is 16.3. The summed E-state index contributed by atoms with van der Waals surface area (Å²) in [6.07, 6.45) is 4.95. The molecule has 1 fully saturated rings. The maximum Gasteiger partial charge on any atom is 0.170 e. The van der Waals surface area contributed by atoms with E-state index in [1.54, 1.807) is 0 Å². The number of aromatic nitrogens is 1. The molecule has 1 atom stereocenters. The van der Waals surface area contributed by atoms with Crippen molar-refractivity contribution >= 4 is 11.0 Å². The molecule has 3 heteroatoms. The van der Waals surface area contributed by atoms with Crippen molar-refractivity contribution in [3.8, 4) is 0 Å². The molecule has 2 aromatic rings. The highest BCUT2D eigenvalue weighted by Gasteiger charge is 2.35. The third-order valence-corrected chi connectivity index (χ3v) is 6.72. The van der Waals surface area contributed by atoms with Gasteiger partial charge in [0.05, 0.1) is 5.69 Å². The second-order valence-corrected chi connectivity index (χ2v) is 10.6. The molecule has 0 amide bonds. The lowest BCUT2D eigenvalue weighted by atomic mass is 9.75. The van der Waals surface area contributed by atoms with E-state index >= 15 is 0 Å². The minimum Gasteiger partial charge on any atom is -0.356 e. The Kier molecular flexibility index (Phi) is 4.22. The predicted molar refractivity (Wildman–Crippen MR) is 108 cm³/mol. The largest absolute Gasteiger partial charge is 0.356 e. The number of hydrogen-bond acceptors (Lipinski definition) is 3. The van der Waals surface area contributed by atoms with Gasteiger partial charge in [-0.25, -0.2) is 0 Å². The fourth-order valence-corrected chi connectivity index (χ4v) is 5.01. The number of piperidine rings is 1. The van der Waals surface area contributed by atoms with Crippen molar-refractivity contribution in [1.29, 1.82) is 0 Å². The van der Waals surface area contributed by atoms with Gasteiger partial charge in [-0.1, -0.05) is 52.8 Å². The van der Waals surface area contributed by atoms with Crippen LogP contribution in [0.15, 0.2) is 16.7 Å². The van der Waals surface area contributed by atoms with Crippen LogP contribution in [0.5, 0.6) is 0 Å². The first kappa shape index (κ1) is 18.0. The van der Waals surface area contributed by atoms with Gasteiger partial charge in [-0.15, -0.1) is 0 Å². The molecule has 1 aliphatic carbocycles. The monoisotopic (exact) mass is 354 g/mol. The van der Waals surface area contributed by atoms with E-state index in [4.69, 9.17) is 4.52 Å². The highest BCUT2D eigenvalue weighted by molar-refractivity contribution is 5.85. The van der Waals surface area contributed by atoms with E-state index in [1.807, 2.05) is 0 Å². The molecule has 142 valence electrons. The SMILES string of the molecule is CC(C)(C)c1noc2c3c(ccc12)C[C@@H](N1CCC(C(C)(C)C)CC1)C3. The summed E-state index contributed by atoms with van der Waals surface area (Å²) in [4.78, 5) is 2.73. The molecule has 1 aromatic carbocycles. The van der Waals surface area contributed by atoms with Crippen molar-refractivity contribution < 1.29 is 4.52 Å². The van der Waals surface area contributed by atoms with Gasteiger partial charge in [0.25, 0.3) is 0 Å². The summed E-state index contributed by atoms with van der Waals surface area (Å²) in [5.41, 5.74) is 5.47. The van der Waals surface area contributed by atoms with Crippen LogP contribution >= 0.6 is 0 Å². The summed E-state index contributed by atoms with van der Waals surface area (Å²) in [6, 6.07) is 5.20. The zero-order valence-corrected chi connectivity index (χ0v) is 17.4. The van der Waals surface area contributed by atoms with Gasteiger partial charge in [0.2, 0.25) is 0 Å². The molecule has 1 saturated heterocycles. The van der Waals surface area contributed by atoms with Gasteiger partial charge in [0, 0.05) is 22.4 Å². The Morgan fingerprint density at radius 2 is 1.69 bits per heavy atom. The van der Waals surface area contributed by atoms with Gasteiger partial charge in [-0.2, -0.15) is 0 Å². The van der Waals surface area contributed by atoms with Crippen molar-refractivity contribution in [2.24, 2.45) is 11.3 Å².